The number of hydrogen-bond acceptors (Lipinski definition) is 6. The van der Waals surface area contributed by atoms with Crippen molar-refractivity contribution in [1.29, 1.82) is 0 Å². The molecule has 0 saturated carbocycles. The average Bonchev–Trinajstić information content (AvgIpc) is 2.83. The second-order valence-electron chi connectivity index (χ2n) is 4.43. The van der Waals surface area contributed by atoms with E-state index in [0.717, 1.165) is 20.0 Å². The normalized spacial score (nSPS) is 11.4. The zero-order valence-electron chi connectivity index (χ0n) is 10.4. The first-order chi connectivity index (χ1) is 8.06. The van der Waals surface area contributed by atoms with Gasteiger partial charge < -0.3 is 5.32 Å². The van der Waals surface area contributed by atoms with Crippen molar-refractivity contribution < 1.29 is 0 Å². The molecule has 2 rings (SSSR count). The highest BCUT2D eigenvalue weighted by Gasteiger charge is 2.12. The van der Waals surface area contributed by atoms with Crippen LogP contribution in [0.25, 0.3) is 9.88 Å². The van der Waals surface area contributed by atoms with Crippen molar-refractivity contribution in [3.05, 3.63) is 11.2 Å². The van der Waals surface area contributed by atoms with E-state index < -0.39 is 0 Å². The van der Waals surface area contributed by atoms with Gasteiger partial charge in [-0.15, -0.1) is 21.5 Å². The molecule has 4 nitrogen and oxygen atoms in total. The molecule has 17 heavy (non-hydrogen) atoms. The van der Waals surface area contributed by atoms with Crippen LogP contribution in [0, 0.1) is 0 Å². The summed E-state index contributed by atoms with van der Waals surface area (Å²) < 4.78 is 0. The van der Waals surface area contributed by atoms with E-state index in [9.17, 15) is 0 Å². The maximum atomic E-state index is 4.40. The molecular formula is C11H16N4S2. The van der Waals surface area contributed by atoms with Gasteiger partial charge in [-0.25, -0.2) is 4.98 Å². The van der Waals surface area contributed by atoms with Crippen LogP contribution in [0.2, 0.25) is 0 Å². The fourth-order valence-electron chi connectivity index (χ4n) is 1.28. The molecule has 0 spiro atoms. The number of anilines is 1. The van der Waals surface area contributed by atoms with Gasteiger partial charge in [-0.1, -0.05) is 25.2 Å². The summed E-state index contributed by atoms with van der Waals surface area (Å²) in [5, 5.41) is 14.5. The third-order valence-electron chi connectivity index (χ3n) is 2.07. The van der Waals surface area contributed by atoms with E-state index in [1.54, 1.807) is 22.7 Å². The van der Waals surface area contributed by atoms with Crippen molar-refractivity contribution in [3.8, 4) is 9.88 Å². The smallest absolute Gasteiger partial charge is 0.206 e. The number of rotatable bonds is 4. The second-order valence-corrected chi connectivity index (χ2v) is 6.47. The van der Waals surface area contributed by atoms with Gasteiger partial charge in [0.15, 0.2) is 5.01 Å². The molecule has 0 fully saturated rings. The summed E-state index contributed by atoms with van der Waals surface area (Å²) in [7, 11) is 0. The number of aromatic nitrogens is 3. The van der Waals surface area contributed by atoms with E-state index in [0.29, 0.717) is 12.0 Å². The highest BCUT2D eigenvalue weighted by atomic mass is 32.1. The van der Waals surface area contributed by atoms with Crippen molar-refractivity contribution in [2.75, 3.05) is 5.32 Å². The second kappa shape index (κ2) is 5.10. The molecule has 0 aromatic carbocycles. The van der Waals surface area contributed by atoms with Gasteiger partial charge in [-0.3, -0.25) is 0 Å². The lowest BCUT2D eigenvalue weighted by atomic mass is 10.2. The van der Waals surface area contributed by atoms with E-state index in [1.807, 2.05) is 6.20 Å². The maximum absolute atomic E-state index is 4.40. The maximum Gasteiger partial charge on any atom is 0.206 e. The molecule has 0 amide bonds. The van der Waals surface area contributed by atoms with E-state index in [-0.39, 0.29) is 0 Å². The molecule has 0 bridgehead atoms. The van der Waals surface area contributed by atoms with Crippen LogP contribution in [0.3, 0.4) is 0 Å². The monoisotopic (exact) mass is 268 g/mol. The summed E-state index contributed by atoms with van der Waals surface area (Å²) in [5.74, 6) is 0.468. The molecule has 1 N–H and O–H groups in total. The number of thiazole rings is 1. The van der Waals surface area contributed by atoms with Crippen molar-refractivity contribution in [2.45, 2.75) is 39.7 Å². The van der Waals surface area contributed by atoms with Gasteiger partial charge in [0.1, 0.15) is 0 Å². The van der Waals surface area contributed by atoms with E-state index in [4.69, 9.17) is 0 Å². The molecule has 0 saturated heterocycles. The minimum absolute atomic E-state index is 0.378. The molecule has 2 aromatic heterocycles. The van der Waals surface area contributed by atoms with Gasteiger partial charge in [0.2, 0.25) is 5.13 Å². The number of hydrogen-bond donors (Lipinski definition) is 1. The summed E-state index contributed by atoms with van der Waals surface area (Å²) in [6.45, 7) is 8.47. The largest absolute Gasteiger partial charge is 0.358 e. The Morgan fingerprint density at radius 3 is 2.47 bits per heavy atom. The Morgan fingerprint density at radius 1 is 1.12 bits per heavy atom. The van der Waals surface area contributed by atoms with Crippen LogP contribution < -0.4 is 5.32 Å². The molecule has 0 radical (unpaired) electrons. The first-order valence-corrected chi connectivity index (χ1v) is 7.25. The highest BCUT2D eigenvalue weighted by molar-refractivity contribution is 7.23. The predicted molar refractivity (Wildman–Crippen MR) is 73.9 cm³/mol. The summed E-state index contributed by atoms with van der Waals surface area (Å²) in [6, 6.07) is 0.378. The lowest BCUT2D eigenvalue weighted by Gasteiger charge is -2.02. The zero-order valence-corrected chi connectivity index (χ0v) is 12.0. The van der Waals surface area contributed by atoms with Gasteiger partial charge >= 0.3 is 0 Å². The van der Waals surface area contributed by atoms with Gasteiger partial charge in [0.25, 0.3) is 0 Å². The molecule has 0 unspecified atom stereocenters. The molecule has 6 heteroatoms. The van der Waals surface area contributed by atoms with Crippen LogP contribution in [0.1, 0.15) is 38.6 Å². The van der Waals surface area contributed by atoms with Crippen molar-refractivity contribution in [3.63, 3.8) is 0 Å². The molecule has 92 valence electrons. The van der Waals surface area contributed by atoms with Crippen LogP contribution in [0.4, 0.5) is 5.13 Å². The molecule has 0 aliphatic heterocycles. The van der Waals surface area contributed by atoms with Crippen molar-refractivity contribution >= 4 is 27.8 Å². The summed E-state index contributed by atoms with van der Waals surface area (Å²) in [4.78, 5) is 5.50. The lowest BCUT2D eigenvalue weighted by Crippen LogP contribution is -2.08. The SMILES string of the molecule is CC(C)Nc1nnc(-c2cnc(C(C)C)s2)s1. The van der Waals surface area contributed by atoms with Crippen LogP contribution in [0.5, 0.6) is 0 Å². The third-order valence-corrected chi connectivity index (χ3v) is 4.39. The number of nitrogens with zero attached hydrogens (tertiary/aromatic N) is 3. The quantitative estimate of drug-likeness (QED) is 0.920. The molecule has 0 atom stereocenters. The average molecular weight is 268 g/mol. The van der Waals surface area contributed by atoms with E-state index in [1.165, 1.54) is 0 Å². The molecule has 0 aliphatic rings. The van der Waals surface area contributed by atoms with Gasteiger partial charge in [-0.05, 0) is 13.8 Å². The summed E-state index contributed by atoms with van der Waals surface area (Å²) in [6.07, 6.45) is 1.89. The fraction of sp³-hybridized carbons (Fsp3) is 0.545. The van der Waals surface area contributed by atoms with E-state index >= 15 is 0 Å². The van der Waals surface area contributed by atoms with Crippen LogP contribution >= 0.6 is 22.7 Å². The molecular weight excluding hydrogens is 252 g/mol. The van der Waals surface area contributed by atoms with Crippen molar-refractivity contribution in [1.82, 2.24) is 15.2 Å². The topological polar surface area (TPSA) is 50.7 Å². The highest BCUT2D eigenvalue weighted by Crippen LogP contribution is 2.33. The predicted octanol–water partition coefficient (Wildman–Crippen LogP) is 3.61. The van der Waals surface area contributed by atoms with Crippen LogP contribution in [-0.4, -0.2) is 21.2 Å². The molecule has 0 aliphatic carbocycles. The van der Waals surface area contributed by atoms with Crippen LogP contribution in [0.15, 0.2) is 6.20 Å². The van der Waals surface area contributed by atoms with Gasteiger partial charge in [0.05, 0.1) is 9.88 Å². The lowest BCUT2D eigenvalue weighted by molar-refractivity contribution is 0.852. The molecule has 2 heterocycles. The first kappa shape index (κ1) is 12.4. The Morgan fingerprint density at radius 2 is 1.88 bits per heavy atom. The number of nitrogens with one attached hydrogen (secondary N) is 1. The van der Waals surface area contributed by atoms with E-state index in [2.05, 4.69) is 48.2 Å². The summed E-state index contributed by atoms with van der Waals surface area (Å²) in [5.41, 5.74) is 0. The standard InChI is InChI=1S/C11H16N4S2/c1-6(2)9-12-5-8(16-9)10-14-15-11(17-10)13-7(3)4/h5-7H,1-4H3,(H,13,15). The first-order valence-electron chi connectivity index (χ1n) is 5.62. The Kier molecular flexibility index (Phi) is 3.73. The Labute approximate surface area is 109 Å². The Bertz CT molecular complexity index is 487. The Balaban J connectivity index is 2.18. The zero-order chi connectivity index (χ0) is 12.4. The minimum atomic E-state index is 0.378. The van der Waals surface area contributed by atoms with Gasteiger partial charge in [0, 0.05) is 18.2 Å². The van der Waals surface area contributed by atoms with Gasteiger partial charge in [-0.2, -0.15) is 0 Å². The minimum Gasteiger partial charge on any atom is -0.358 e. The molecule has 2 aromatic rings. The third kappa shape index (κ3) is 3.01. The van der Waals surface area contributed by atoms with Crippen molar-refractivity contribution in [2.24, 2.45) is 0 Å². The van der Waals surface area contributed by atoms with Crippen LogP contribution in [-0.2, 0) is 0 Å². The Hall–Kier alpha value is -1.01. The fourth-order valence-corrected chi connectivity index (χ4v) is 3.13. The summed E-state index contributed by atoms with van der Waals surface area (Å²) >= 11 is 3.27.